The van der Waals surface area contributed by atoms with Crippen molar-refractivity contribution in [3.63, 3.8) is 0 Å². The quantitative estimate of drug-likeness (QED) is 0.740. The number of aliphatic hydroxyl groups is 1. The lowest BCUT2D eigenvalue weighted by Gasteiger charge is -2.22. The van der Waals surface area contributed by atoms with Crippen LogP contribution < -0.4 is 10.2 Å². The van der Waals surface area contributed by atoms with E-state index in [0.29, 0.717) is 17.8 Å². The lowest BCUT2D eigenvalue weighted by atomic mass is 10.1. The third kappa shape index (κ3) is 4.33. The van der Waals surface area contributed by atoms with Gasteiger partial charge in [-0.1, -0.05) is 6.58 Å². The number of hydrogen-bond acceptors (Lipinski definition) is 4. The smallest absolute Gasteiger partial charge is 0.251 e. The summed E-state index contributed by atoms with van der Waals surface area (Å²) < 4.78 is 1.73. The van der Waals surface area contributed by atoms with Gasteiger partial charge in [-0.15, -0.1) is 0 Å². The first-order valence-electron chi connectivity index (χ1n) is 7.88. The van der Waals surface area contributed by atoms with Crippen molar-refractivity contribution in [1.82, 2.24) is 15.1 Å². The summed E-state index contributed by atoms with van der Waals surface area (Å²) in [6, 6.07) is 6.70. The summed E-state index contributed by atoms with van der Waals surface area (Å²) >= 11 is 0. The number of aromatic nitrogens is 2. The lowest BCUT2D eigenvalue weighted by Crippen LogP contribution is -2.30. The molecule has 0 bridgehead atoms. The molecular weight excluding hydrogens is 320 g/mol. The van der Waals surface area contributed by atoms with Gasteiger partial charge in [0, 0.05) is 24.8 Å². The summed E-state index contributed by atoms with van der Waals surface area (Å²) in [6.45, 7) is 5.93. The second-order valence-electron chi connectivity index (χ2n) is 5.55. The molecule has 2 rings (SSSR count). The number of aliphatic hydroxyl groups excluding tert-OH is 1. The fourth-order valence-electron chi connectivity index (χ4n) is 2.42. The van der Waals surface area contributed by atoms with Crippen LogP contribution in [0.15, 0.2) is 43.1 Å². The number of benzene rings is 1. The highest BCUT2D eigenvalue weighted by molar-refractivity contribution is 6.01. The second-order valence-corrected chi connectivity index (χ2v) is 5.55. The van der Waals surface area contributed by atoms with Crippen molar-refractivity contribution in [2.24, 2.45) is 7.05 Å². The minimum atomic E-state index is -0.273. The Bertz CT molecular complexity index is 746. The van der Waals surface area contributed by atoms with Gasteiger partial charge in [-0.3, -0.25) is 14.3 Å². The van der Waals surface area contributed by atoms with E-state index in [0.717, 1.165) is 11.3 Å². The van der Waals surface area contributed by atoms with E-state index >= 15 is 0 Å². The Labute approximate surface area is 146 Å². The van der Waals surface area contributed by atoms with Crippen LogP contribution in [0.4, 0.5) is 5.69 Å². The zero-order valence-electron chi connectivity index (χ0n) is 14.4. The van der Waals surface area contributed by atoms with Crippen LogP contribution >= 0.6 is 0 Å². The molecule has 0 aliphatic heterocycles. The first kappa shape index (κ1) is 18.4. The molecule has 0 aliphatic carbocycles. The third-order valence-corrected chi connectivity index (χ3v) is 3.86. The van der Waals surface area contributed by atoms with E-state index in [1.54, 1.807) is 40.0 Å². The molecule has 132 valence electrons. The van der Waals surface area contributed by atoms with Gasteiger partial charge in [0.1, 0.15) is 0 Å². The van der Waals surface area contributed by atoms with Gasteiger partial charge >= 0.3 is 0 Å². The molecule has 0 spiro atoms. The first-order chi connectivity index (χ1) is 12.0. The topological polar surface area (TPSA) is 87.5 Å². The Kier molecular flexibility index (Phi) is 6.08. The molecule has 0 unspecified atom stereocenters. The predicted octanol–water partition coefficient (Wildman–Crippen LogP) is 1.17. The van der Waals surface area contributed by atoms with Crippen molar-refractivity contribution >= 4 is 17.5 Å². The van der Waals surface area contributed by atoms with Crippen molar-refractivity contribution in [3.05, 3.63) is 59.9 Å². The number of rotatable bonds is 7. The third-order valence-electron chi connectivity index (χ3n) is 3.86. The van der Waals surface area contributed by atoms with Gasteiger partial charge < -0.3 is 15.3 Å². The molecule has 0 saturated carbocycles. The molecule has 1 aromatic heterocycles. The highest BCUT2D eigenvalue weighted by Crippen LogP contribution is 2.20. The van der Waals surface area contributed by atoms with E-state index in [1.165, 1.54) is 6.08 Å². The second kappa shape index (κ2) is 8.25. The fourth-order valence-corrected chi connectivity index (χ4v) is 2.42. The SMILES string of the molecule is C=CC(=O)N(Cc1c(C)cnn1C)c1ccc(C(=O)NCCO)cc1. The largest absolute Gasteiger partial charge is 0.395 e. The van der Waals surface area contributed by atoms with Crippen molar-refractivity contribution in [3.8, 4) is 0 Å². The summed E-state index contributed by atoms with van der Waals surface area (Å²) in [5, 5.41) is 15.5. The minimum absolute atomic E-state index is 0.116. The summed E-state index contributed by atoms with van der Waals surface area (Å²) in [5.41, 5.74) is 3.02. The Morgan fingerprint density at radius 2 is 2.04 bits per heavy atom. The summed E-state index contributed by atoms with van der Waals surface area (Å²) in [4.78, 5) is 25.8. The van der Waals surface area contributed by atoms with Gasteiger partial charge in [0.15, 0.2) is 0 Å². The van der Waals surface area contributed by atoms with Gasteiger partial charge in [0.25, 0.3) is 11.8 Å². The minimum Gasteiger partial charge on any atom is -0.395 e. The van der Waals surface area contributed by atoms with E-state index in [4.69, 9.17) is 5.11 Å². The van der Waals surface area contributed by atoms with Crippen LogP contribution in [-0.4, -0.2) is 39.9 Å². The molecule has 0 atom stereocenters. The van der Waals surface area contributed by atoms with Gasteiger partial charge in [-0.05, 0) is 42.8 Å². The molecule has 0 radical (unpaired) electrons. The normalized spacial score (nSPS) is 10.4. The van der Waals surface area contributed by atoms with Crippen LogP contribution in [0.5, 0.6) is 0 Å². The summed E-state index contributed by atoms with van der Waals surface area (Å²) in [7, 11) is 1.83. The molecule has 0 saturated heterocycles. The van der Waals surface area contributed by atoms with Crippen LogP contribution in [0, 0.1) is 6.92 Å². The maximum absolute atomic E-state index is 12.3. The maximum Gasteiger partial charge on any atom is 0.251 e. The van der Waals surface area contributed by atoms with Crippen molar-refractivity contribution in [2.45, 2.75) is 13.5 Å². The highest BCUT2D eigenvalue weighted by atomic mass is 16.3. The maximum atomic E-state index is 12.3. The molecule has 2 N–H and O–H groups in total. The molecule has 0 fully saturated rings. The number of carbonyl (C=O) groups is 2. The zero-order valence-corrected chi connectivity index (χ0v) is 14.4. The van der Waals surface area contributed by atoms with E-state index in [-0.39, 0.29) is 25.0 Å². The van der Waals surface area contributed by atoms with Crippen molar-refractivity contribution < 1.29 is 14.7 Å². The molecule has 0 aliphatic rings. The molecule has 1 heterocycles. The number of aryl methyl sites for hydroxylation is 2. The summed E-state index contributed by atoms with van der Waals surface area (Å²) in [5.74, 6) is -0.511. The Hall–Kier alpha value is -2.93. The van der Waals surface area contributed by atoms with Crippen molar-refractivity contribution in [1.29, 1.82) is 0 Å². The standard InChI is InChI=1S/C18H22N4O3/c1-4-17(24)22(12-16-13(2)11-20-21(16)3)15-7-5-14(6-8-15)18(25)19-9-10-23/h4-8,11,23H,1,9-10,12H2,2-3H3,(H,19,25). The number of carbonyl (C=O) groups excluding carboxylic acids is 2. The van der Waals surface area contributed by atoms with E-state index in [1.807, 2.05) is 14.0 Å². The van der Waals surface area contributed by atoms with Gasteiger partial charge in [0.05, 0.1) is 25.0 Å². The van der Waals surface area contributed by atoms with Gasteiger partial charge in [-0.25, -0.2) is 0 Å². The Morgan fingerprint density at radius 3 is 2.56 bits per heavy atom. The Balaban J connectivity index is 2.25. The number of amides is 2. The molecular formula is C18H22N4O3. The Morgan fingerprint density at radius 1 is 1.36 bits per heavy atom. The first-order valence-corrected chi connectivity index (χ1v) is 7.88. The molecule has 7 nitrogen and oxygen atoms in total. The average Bonchev–Trinajstić information content (AvgIpc) is 2.95. The number of anilines is 1. The number of nitrogens with zero attached hydrogens (tertiary/aromatic N) is 3. The molecule has 1 aromatic carbocycles. The number of hydrogen-bond donors (Lipinski definition) is 2. The van der Waals surface area contributed by atoms with Crippen LogP contribution in [0.3, 0.4) is 0 Å². The fraction of sp³-hybridized carbons (Fsp3) is 0.278. The molecule has 25 heavy (non-hydrogen) atoms. The van der Waals surface area contributed by atoms with E-state index in [9.17, 15) is 9.59 Å². The van der Waals surface area contributed by atoms with Crippen LogP contribution in [0.1, 0.15) is 21.6 Å². The van der Waals surface area contributed by atoms with E-state index in [2.05, 4.69) is 17.0 Å². The number of nitrogens with one attached hydrogen (secondary N) is 1. The van der Waals surface area contributed by atoms with Crippen LogP contribution in [0.2, 0.25) is 0 Å². The molecule has 7 heteroatoms. The lowest BCUT2D eigenvalue weighted by molar-refractivity contribution is -0.114. The summed E-state index contributed by atoms with van der Waals surface area (Å²) in [6.07, 6.45) is 3.01. The molecule has 2 amide bonds. The zero-order chi connectivity index (χ0) is 18.4. The van der Waals surface area contributed by atoms with Gasteiger partial charge in [0.2, 0.25) is 0 Å². The van der Waals surface area contributed by atoms with E-state index < -0.39 is 0 Å². The van der Waals surface area contributed by atoms with Crippen molar-refractivity contribution in [2.75, 3.05) is 18.1 Å². The highest BCUT2D eigenvalue weighted by Gasteiger charge is 2.17. The monoisotopic (exact) mass is 342 g/mol. The van der Waals surface area contributed by atoms with Crippen LogP contribution in [0.25, 0.3) is 0 Å². The van der Waals surface area contributed by atoms with Crippen LogP contribution in [-0.2, 0) is 18.4 Å². The molecule has 2 aromatic rings. The average molecular weight is 342 g/mol. The van der Waals surface area contributed by atoms with Gasteiger partial charge in [-0.2, -0.15) is 5.10 Å². The predicted molar refractivity (Wildman–Crippen MR) is 95.2 cm³/mol.